The maximum Gasteiger partial charge on any atom is 0.256 e. The number of hydrogen-bond donors (Lipinski definition) is 0. The average molecular weight is 354 g/mol. The molecule has 26 heavy (non-hydrogen) atoms. The summed E-state index contributed by atoms with van der Waals surface area (Å²) in [6.45, 7) is 3.89. The number of aryl methyl sites for hydroxylation is 2. The second-order valence-corrected chi connectivity index (χ2v) is 6.64. The van der Waals surface area contributed by atoms with Crippen LogP contribution in [0, 0.1) is 12.7 Å². The zero-order chi connectivity index (χ0) is 18.5. The lowest BCUT2D eigenvalue weighted by molar-refractivity contribution is -0.132. The normalized spacial score (nSPS) is 14.4. The van der Waals surface area contributed by atoms with Crippen molar-refractivity contribution in [3.63, 3.8) is 0 Å². The Balaban J connectivity index is 1.50. The summed E-state index contributed by atoms with van der Waals surface area (Å²) < 4.78 is 13.8. The molecule has 5 heteroatoms. The van der Waals surface area contributed by atoms with Crippen LogP contribution in [0.1, 0.15) is 27.9 Å². The molecular formula is C21H23FN2O2. The Hall–Kier alpha value is -2.69. The molecule has 2 amide bonds. The van der Waals surface area contributed by atoms with E-state index in [1.54, 1.807) is 21.9 Å². The van der Waals surface area contributed by atoms with Gasteiger partial charge in [0.1, 0.15) is 5.82 Å². The molecule has 2 aromatic rings. The summed E-state index contributed by atoms with van der Waals surface area (Å²) in [6.07, 6.45) is 1.18. The fourth-order valence-corrected chi connectivity index (χ4v) is 3.13. The van der Waals surface area contributed by atoms with Gasteiger partial charge in [-0.3, -0.25) is 9.59 Å². The van der Waals surface area contributed by atoms with Crippen molar-refractivity contribution in [3.8, 4) is 0 Å². The molecule has 2 aromatic carbocycles. The summed E-state index contributed by atoms with van der Waals surface area (Å²) in [5.74, 6) is -0.715. The molecule has 0 bridgehead atoms. The first-order valence-corrected chi connectivity index (χ1v) is 8.92. The second kappa shape index (κ2) is 8.13. The molecular weight excluding hydrogens is 331 g/mol. The van der Waals surface area contributed by atoms with Crippen LogP contribution >= 0.6 is 0 Å². The third kappa shape index (κ3) is 4.28. The smallest absolute Gasteiger partial charge is 0.256 e. The van der Waals surface area contributed by atoms with Crippen LogP contribution in [0.4, 0.5) is 4.39 Å². The molecule has 1 fully saturated rings. The third-order valence-electron chi connectivity index (χ3n) is 4.77. The molecule has 136 valence electrons. The van der Waals surface area contributed by atoms with Gasteiger partial charge in [0.05, 0.1) is 5.56 Å². The van der Waals surface area contributed by atoms with E-state index >= 15 is 0 Å². The monoisotopic (exact) mass is 354 g/mol. The number of hydrogen-bond acceptors (Lipinski definition) is 2. The van der Waals surface area contributed by atoms with Gasteiger partial charge >= 0.3 is 0 Å². The number of piperazine rings is 1. The van der Waals surface area contributed by atoms with Crippen LogP contribution < -0.4 is 0 Å². The Bertz CT molecular complexity index is 781. The predicted octanol–water partition coefficient (Wildman–Crippen LogP) is 3.05. The van der Waals surface area contributed by atoms with Crippen molar-refractivity contribution in [1.29, 1.82) is 0 Å². The molecule has 4 nitrogen and oxygen atoms in total. The van der Waals surface area contributed by atoms with E-state index in [0.717, 1.165) is 5.56 Å². The molecule has 0 N–H and O–H groups in total. The van der Waals surface area contributed by atoms with E-state index in [0.29, 0.717) is 39.0 Å². The highest BCUT2D eigenvalue weighted by Crippen LogP contribution is 2.13. The van der Waals surface area contributed by atoms with Crippen LogP contribution in [0.25, 0.3) is 0 Å². The standard InChI is InChI=1S/C21H23FN2O2/c1-16-6-8-17(9-7-16)10-11-20(25)23-12-14-24(15-13-23)21(26)18-4-2-3-5-19(18)22/h2-9H,10-15H2,1H3. The van der Waals surface area contributed by atoms with Gasteiger partial charge in [-0.15, -0.1) is 0 Å². The topological polar surface area (TPSA) is 40.6 Å². The highest BCUT2D eigenvalue weighted by Gasteiger charge is 2.25. The molecule has 1 aliphatic rings. The molecule has 0 unspecified atom stereocenters. The molecule has 1 heterocycles. The fraction of sp³-hybridized carbons (Fsp3) is 0.333. The lowest BCUT2D eigenvalue weighted by Gasteiger charge is -2.35. The van der Waals surface area contributed by atoms with Crippen molar-refractivity contribution in [2.45, 2.75) is 19.8 Å². The summed E-state index contributed by atoms with van der Waals surface area (Å²) in [5.41, 5.74) is 2.44. The van der Waals surface area contributed by atoms with E-state index in [9.17, 15) is 14.0 Å². The molecule has 0 aliphatic carbocycles. The van der Waals surface area contributed by atoms with E-state index in [1.165, 1.54) is 17.7 Å². The van der Waals surface area contributed by atoms with Gasteiger partial charge in [-0.05, 0) is 31.0 Å². The summed E-state index contributed by atoms with van der Waals surface area (Å²) >= 11 is 0. The number of nitrogens with zero attached hydrogens (tertiary/aromatic N) is 2. The average Bonchev–Trinajstić information content (AvgIpc) is 2.67. The maximum absolute atomic E-state index is 13.8. The van der Waals surface area contributed by atoms with Crippen molar-refractivity contribution in [2.24, 2.45) is 0 Å². The first-order chi connectivity index (χ1) is 12.5. The zero-order valence-electron chi connectivity index (χ0n) is 15.0. The molecule has 0 radical (unpaired) electrons. The lowest BCUT2D eigenvalue weighted by atomic mass is 10.1. The minimum atomic E-state index is -0.505. The Kier molecular flexibility index (Phi) is 5.66. The highest BCUT2D eigenvalue weighted by molar-refractivity contribution is 5.94. The SMILES string of the molecule is Cc1ccc(CCC(=O)N2CCN(C(=O)c3ccccc3F)CC2)cc1. The van der Waals surface area contributed by atoms with Crippen molar-refractivity contribution in [1.82, 2.24) is 9.80 Å². The van der Waals surface area contributed by atoms with Gasteiger partial charge in [0, 0.05) is 32.6 Å². The molecule has 0 atom stereocenters. The molecule has 1 saturated heterocycles. The van der Waals surface area contributed by atoms with Crippen molar-refractivity contribution in [3.05, 3.63) is 71.0 Å². The van der Waals surface area contributed by atoms with Crippen LogP contribution in [-0.2, 0) is 11.2 Å². The molecule has 1 aliphatic heterocycles. The van der Waals surface area contributed by atoms with Crippen molar-refractivity contribution >= 4 is 11.8 Å². The third-order valence-corrected chi connectivity index (χ3v) is 4.77. The van der Waals surface area contributed by atoms with Gasteiger partial charge in [0.15, 0.2) is 0 Å². The highest BCUT2D eigenvalue weighted by atomic mass is 19.1. The fourth-order valence-electron chi connectivity index (χ4n) is 3.13. The summed E-state index contributed by atoms with van der Waals surface area (Å²) in [5, 5.41) is 0. The van der Waals surface area contributed by atoms with Gasteiger partial charge in [0.2, 0.25) is 5.91 Å². The minimum absolute atomic E-state index is 0.0895. The van der Waals surface area contributed by atoms with Crippen molar-refractivity contribution < 1.29 is 14.0 Å². The zero-order valence-corrected chi connectivity index (χ0v) is 15.0. The number of carbonyl (C=O) groups is 2. The van der Waals surface area contributed by atoms with Crippen LogP contribution in [0.2, 0.25) is 0 Å². The van der Waals surface area contributed by atoms with Crippen LogP contribution in [-0.4, -0.2) is 47.8 Å². The quantitative estimate of drug-likeness (QED) is 0.847. The van der Waals surface area contributed by atoms with Gasteiger partial charge < -0.3 is 9.80 Å². The first-order valence-electron chi connectivity index (χ1n) is 8.92. The molecule has 3 rings (SSSR count). The Morgan fingerprint density at radius 3 is 2.19 bits per heavy atom. The van der Waals surface area contributed by atoms with E-state index in [2.05, 4.69) is 0 Å². The largest absolute Gasteiger partial charge is 0.339 e. The number of amides is 2. The van der Waals surface area contributed by atoms with Gasteiger partial charge in [-0.1, -0.05) is 42.0 Å². The number of halogens is 1. The van der Waals surface area contributed by atoms with E-state index in [4.69, 9.17) is 0 Å². The van der Waals surface area contributed by atoms with Crippen LogP contribution in [0.3, 0.4) is 0 Å². The van der Waals surface area contributed by atoms with Crippen LogP contribution in [0.5, 0.6) is 0 Å². The maximum atomic E-state index is 13.8. The minimum Gasteiger partial charge on any atom is -0.339 e. The van der Waals surface area contributed by atoms with Crippen LogP contribution in [0.15, 0.2) is 48.5 Å². The first kappa shape index (κ1) is 18.1. The van der Waals surface area contributed by atoms with Crippen molar-refractivity contribution in [2.75, 3.05) is 26.2 Å². The number of rotatable bonds is 4. The summed E-state index contributed by atoms with van der Waals surface area (Å²) in [7, 11) is 0. The second-order valence-electron chi connectivity index (χ2n) is 6.64. The Morgan fingerprint density at radius 1 is 0.923 bits per heavy atom. The van der Waals surface area contributed by atoms with E-state index in [-0.39, 0.29) is 17.4 Å². The van der Waals surface area contributed by atoms with E-state index < -0.39 is 5.82 Å². The summed E-state index contributed by atoms with van der Waals surface area (Å²) in [6, 6.07) is 14.2. The summed E-state index contributed by atoms with van der Waals surface area (Å²) in [4.78, 5) is 28.2. The van der Waals surface area contributed by atoms with E-state index in [1.807, 2.05) is 31.2 Å². The Morgan fingerprint density at radius 2 is 1.54 bits per heavy atom. The van der Waals surface area contributed by atoms with Gasteiger partial charge in [0.25, 0.3) is 5.91 Å². The lowest BCUT2D eigenvalue weighted by Crippen LogP contribution is -2.50. The van der Waals surface area contributed by atoms with Gasteiger partial charge in [-0.2, -0.15) is 0 Å². The molecule has 0 aromatic heterocycles. The molecule has 0 spiro atoms. The Labute approximate surface area is 153 Å². The number of benzene rings is 2. The molecule has 0 saturated carbocycles. The van der Waals surface area contributed by atoms with Gasteiger partial charge in [-0.25, -0.2) is 4.39 Å². The predicted molar refractivity (Wildman–Crippen MR) is 98.4 cm³/mol. The number of carbonyl (C=O) groups excluding carboxylic acids is 2.